The fourth-order valence-electron chi connectivity index (χ4n) is 1.99. The van der Waals surface area contributed by atoms with Gasteiger partial charge in [-0.25, -0.2) is 4.79 Å². The Hall–Kier alpha value is -2.34. The number of anilines is 1. The lowest BCUT2D eigenvalue weighted by atomic mass is 10.1. The Morgan fingerprint density at radius 2 is 1.86 bits per heavy atom. The van der Waals surface area contributed by atoms with Crippen LogP contribution >= 0.6 is 0 Å². The number of carbonyl (C=O) groups excluding carboxylic acids is 1. The van der Waals surface area contributed by atoms with Crippen molar-refractivity contribution in [3.8, 4) is 0 Å². The van der Waals surface area contributed by atoms with E-state index in [1.54, 1.807) is 30.5 Å². The van der Waals surface area contributed by atoms with Gasteiger partial charge >= 0.3 is 12.0 Å². The molecule has 3 N–H and O–H groups in total. The lowest BCUT2D eigenvalue weighted by Crippen LogP contribution is -2.25. The molecule has 1 aliphatic heterocycles. The van der Waals surface area contributed by atoms with E-state index in [1.165, 1.54) is 0 Å². The zero-order chi connectivity index (χ0) is 15.1. The molecule has 6 heteroatoms. The number of carboxylic acid groups (broad SMARTS) is 1. The van der Waals surface area contributed by atoms with Gasteiger partial charge in [0.1, 0.15) is 0 Å². The summed E-state index contributed by atoms with van der Waals surface area (Å²) in [7, 11) is 0. The minimum absolute atomic E-state index is 0.0271. The van der Waals surface area contributed by atoms with Crippen molar-refractivity contribution >= 4 is 17.7 Å². The third-order valence-corrected chi connectivity index (χ3v) is 3.11. The van der Waals surface area contributed by atoms with Crippen LogP contribution in [0.1, 0.15) is 18.4 Å². The van der Waals surface area contributed by atoms with Crippen molar-refractivity contribution in [1.82, 2.24) is 5.32 Å². The first-order valence-corrected chi connectivity index (χ1v) is 6.77. The van der Waals surface area contributed by atoms with E-state index in [0.717, 1.165) is 18.4 Å². The van der Waals surface area contributed by atoms with Crippen LogP contribution < -0.4 is 10.6 Å². The average molecular weight is 290 g/mol. The monoisotopic (exact) mass is 290 g/mol. The van der Waals surface area contributed by atoms with Crippen LogP contribution in [0.2, 0.25) is 0 Å². The summed E-state index contributed by atoms with van der Waals surface area (Å²) < 4.78 is 5.23. The largest absolute Gasteiger partial charge is 0.481 e. The molecule has 2 amide bonds. The molecule has 1 heterocycles. The Bertz CT molecular complexity index is 529. The van der Waals surface area contributed by atoms with Gasteiger partial charge in [0, 0.05) is 11.9 Å². The van der Waals surface area contributed by atoms with Gasteiger partial charge in [-0.15, -0.1) is 0 Å². The predicted molar refractivity (Wildman–Crippen MR) is 78.1 cm³/mol. The van der Waals surface area contributed by atoms with Crippen molar-refractivity contribution in [3.63, 3.8) is 0 Å². The van der Waals surface area contributed by atoms with E-state index < -0.39 is 5.97 Å². The molecule has 0 bridgehead atoms. The molecule has 1 aromatic rings. The smallest absolute Gasteiger partial charge is 0.323 e. The Kier molecular flexibility index (Phi) is 5.34. The number of amides is 2. The number of aliphatic carboxylic acids is 1. The van der Waals surface area contributed by atoms with Crippen LogP contribution in [-0.4, -0.2) is 30.3 Å². The second kappa shape index (κ2) is 7.44. The highest BCUT2D eigenvalue weighted by atomic mass is 16.5. The van der Waals surface area contributed by atoms with Gasteiger partial charge in [-0.05, 0) is 36.1 Å². The second-order valence-corrected chi connectivity index (χ2v) is 4.78. The molecule has 0 saturated carbocycles. The maximum Gasteiger partial charge on any atom is 0.323 e. The summed E-state index contributed by atoms with van der Waals surface area (Å²) in [4.78, 5) is 22.3. The van der Waals surface area contributed by atoms with Gasteiger partial charge in [0.25, 0.3) is 0 Å². The van der Waals surface area contributed by atoms with Crippen molar-refractivity contribution in [2.45, 2.75) is 19.3 Å². The normalized spacial score (nSPS) is 14.4. The molecule has 0 aromatic heterocycles. The number of carbonyl (C=O) groups is 2. The Morgan fingerprint density at radius 1 is 1.19 bits per heavy atom. The third-order valence-electron chi connectivity index (χ3n) is 3.11. The minimum atomic E-state index is -0.878. The Morgan fingerprint density at radius 3 is 2.48 bits per heavy atom. The average Bonchev–Trinajstić information content (AvgIpc) is 2.48. The molecule has 0 aliphatic carbocycles. The summed E-state index contributed by atoms with van der Waals surface area (Å²) in [5, 5.41) is 14.1. The topological polar surface area (TPSA) is 87.7 Å². The summed E-state index contributed by atoms with van der Waals surface area (Å²) in [5.41, 5.74) is 2.47. The zero-order valence-electron chi connectivity index (χ0n) is 11.6. The van der Waals surface area contributed by atoms with Gasteiger partial charge in [0.2, 0.25) is 0 Å². The van der Waals surface area contributed by atoms with Gasteiger partial charge < -0.3 is 20.5 Å². The quantitative estimate of drug-likeness (QED) is 0.792. The highest BCUT2D eigenvalue weighted by molar-refractivity contribution is 5.89. The molecular formula is C15H18N2O4. The van der Waals surface area contributed by atoms with Gasteiger partial charge in [-0.3, -0.25) is 4.79 Å². The maximum absolute atomic E-state index is 11.7. The molecule has 0 radical (unpaired) electrons. The van der Waals surface area contributed by atoms with E-state index in [-0.39, 0.29) is 12.5 Å². The van der Waals surface area contributed by atoms with Crippen molar-refractivity contribution in [3.05, 3.63) is 41.6 Å². The van der Waals surface area contributed by atoms with Gasteiger partial charge in [-0.2, -0.15) is 0 Å². The molecule has 1 aromatic carbocycles. The summed E-state index contributed by atoms with van der Waals surface area (Å²) >= 11 is 0. The van der Waals surface area contributed by atoms with Crippen molar-refractivity contribution in [2.75, 3.05) is 18.5 Å². The first-order valence-electron chi connectivity index (χ1n) is 6.77. The predicted octanol–water partition coefficient (Wildman–Crippen LogP) is 2.13. The standard InChI is InChI=1S/C15H18N2O4/c18-14(19)9-11-1-3-13(4-2-11)17-15(20)16-10-12-5-7-21-8-6-12/h1-4,10H,5-9H2,(H,18,19)(H2,16,17,20). The third kappa shape index (κ3) is 5.27. The molecule has 112 valence electrons. The summed E-state index contributed by atoms with van der Waals surface area (Å²) in [6.07, 6.45) is 3.37. The van der Waals surface area contributed by atoms with Crippen LogP contribution in [0.3, 0.4) is 0 Å². The van der Waals surface area contributed by atoms with E-state index in [9.17, 15) is 9.59 Å². The summed E-state index contributed by atoms with van der Waals surface area (Å²) in [5.74, 6) is -0.878. The first kappa shape index (κ1) is 15.1. The molecule has 0 unspecified atom stereocenters. The molecule has 0 spiro atoms. The second-order valence-electron chi connectivity index (χ2n) is 4.78. The van der Waals surface area contributed by atoms with Gasteiger partial charge in [0.05, 0.1) is 19.6 Å². The van der Waals surface area contributed by atoms with Crippen molar-refractivity contribution in [1.29, 1.82) is 0 Å². The molecule has 1 saturated heterocycles. The minimum Gasteiger partial charge on any atom is -0.481 e. The number of hydrogen-bond acceptors (Lipinski definition) is 3. The fraction of sp³-hybridized carbons (Fsp3) is 0.333. The van der Waals surface area contributed by atoms with Gasteiger partial charge in [-0.1, -0.05) is 12.1 Å². The number of hydrogen-bond donors (Lipinski definition) is 3. The Balaban J connectivity index is 1.83. The van der Waals surface area contributed by atoms with E-state index in [1.807, 2.05) is 0 Å². The maximum atomic E-state index is 11.7. The van der Waals surface area contributed by atoms with Crippen LogP contribution in [0.25, 0.3) is 0 Å². The lowest BCUT2D eigenvalue weighted by Gasteiger charge is -2.14. The molecule has 6 nitrogen and oxygen atoms in total. The number of urea groups is 1. The first-order chi connectivity index (χ1) is 10.1. The number of benzene rings is 1. The molecular weight excluding hydrogens is 272 g/mol. The van der Waals surface area contributed by atoms with Crippen LogP contribution in [-0.2, 0) is 16.0 Å². The molecule has 1 fully saturated rings. The van der Waals surface area contributed by atoms with Crippen molar-refractivity contribution in [2.24, 2.45) is 0 Å². The number of nitrogens with one attached hydrogen (secondary N) is 2. The van der Waals surface area contributed by atoms with E-state index in [4.69, 9.17) is 9.84 Å². The highest BCUT2D eigenvalue weighted by Crippen LogP contribution is 2.12. The number of ether oxygens (including phenoxy) is 1. The Labute approximate surface area is 122 Å². The summed E-state index contributed by atoms with van der Waals surface area (Å²) in [6, 6.07) is 6.40. The summed E-state index contributed by atoms with van der Waals surface area (Å²) in [6.45, 7) is 1.39. The zero-order valence-corrected chi connectivity index (χ0v) is 11.6. The lowest BCUT2D eigenvalue weighted by molar-refractivity contribution is -0.136. The van der Waals surface area contributed by atoms with Crippen LogP contribution in [0, 0.1) is 0 Å². The molecule has 1 aliphatic rings. The highest BCUT2D eigenvalue weighted by Gasteiger charge is 2.06. The van der Waals surface area contributed by atoms with Crippen molar-refractivity contribution < 1.29 is 19.4 Å². The molecule has 0 atom stereocenters. The fourth-order valence-corrected chi connectivity index (χ4v) is 1.99. The van der Waals surface area contributed by atoms with Crippen LogP contribution in [0.15, 0.2) is 36.0 Å². The van der Waals surface area contributed by atoms with Gasteiger partial charge in [0.15, 0.2) is 0 Å². The SMILES string of the molecule is O=C(O)Cc1ccc(NC(=O)NC=C2CCOCC2)cc1. The number of carboxylic acids is 1. The number of rotatable bonds is 4. The molecule has 2 rings (SSSR count). The van der Waals surface area contributed by atoms with E-state index in [2.05, 4.69) is 10.6 Å². The van der Waals surface area contributed by atoms with Crippen LogP contribution in [0.4, 0.5) is 10.5 Å². The van der Waals surface area contributed by atoms with Crippen LogP contribution in [0.5, 0.6) is 0 Å². The van der Waals surface area contributed by atoms with E-state index >= 15 is 0 Å². The van der Waals surface area contributed by atoms with E-state index in [0.29, 0.717) is 24.5 Å². The molecule has 21 heavy (non-hydrogen) atoms.